The standard InChI is InChI=1S/C20H18Cl2FN5O/c1-13-18(19(22)28(25-13)15-7-5-14(23)6-8-15)20(29)27-11-9-26(10-12-27)17-4-2-3-16(21)24-17/h2-8H,9-12H2,1H3. The molecule has 3 aromatic rings. The Labute approximate surface area is 177 Å². The molecule has 29 heavy (non-hydrogen) atoms. The minimum atomic E-state index is -0.350. The molecule has 0 bridgehead atoms. The van der Waals surface area contributed by atoms with E-state index in [9.17, 15) is 9.18 Å². The molecule has 0 spiro atoms. The number of aromatic nitrogens is 3. The van der Waals surface area contributed by atoms with Crippen LogP contribution in [0, 0.1) is 12.7 Å². The van der Waals surface area contributed by atoms with Crippen molar-refractivity contribution in [1.82, 2.24) is 19.7 Å². The van der Waals surface area contributed by atoms with E-state index in [1.807, 2.05) is 12.1 Å². The Bertz CT molecular complexity index is 1050. The van der Waals surface area contributed by atoms with Gasteiger partial charge in [0.25, 0.3) is 5.91 Å². The van der Waals surface area contributed by atoms with Gasteiger partial charge in [0.1, 0.15) is 21.9 Å². The highest BCUT2D eigenvalue weighted by atomic mass is 35.5. The van der Waals surface area contributed by atoms with Gasteiger partial charge in [0.2, 0.25) is 0 Å². The van der Waals surface area contributed by atoms with E-state index in [1.54, 1.807) is 30.0 Å². The number of aryl methyl sites for hydroxylation is 1. The molecule has 150 valence electrons. The number of hydrogen-bond acceptors (Lipinski definition) is 4. The van der Waals surface area contributed by atoms with E-state index in [-0.39, 0.29) is 16.9 Å². The first kappa shape index (κ1) is 19.7. The highest BCUT2D eigenvalue weighted by Gasteiger charge is 2.28. The highest BCUT2D eigenvalue weighted by Crippen LogP contribution is 2.26. The first-order chi connectivity index (χ1) is 13.9. The van der Waals surface area contributed by atoms with Crippen LogP contribution in [-0.2, 0) is 0 Å². The molecule has 2 aromatic heterocycles. The molecule has 1 aliphatic heterocycles. The van der Waals surface area contributed by atoms with Crippen molar-refractivity contribution < 1.29 is 9.18 Å². The van der Waals surface area contributed by atoms with Gasteiger partial charge in [-0.15, -0.1) is 0 Å². The molecule has 0 saturated carbocycles. The Morgan fingerprint density at radius 2 is 1.72 bits per heavy atom. The summed E-state index contributed by atoms with van der Waals surface area (Å²) in [7, 11) is 0. The lowest BCUT2D eigenvalue weighted by Crippen LogP contribution is -2.49. The number of amides is 1. The van der Waals surface area contributed by atoms with Crippen molar-refractivity contribution in [2.75, 3.05) is 31.1 Å². The third kappa shape index (κ3) is 3.93. The molecule has 1 aliphatic rings. The van der Waals surface area contributed by atoms with Crippen molar-refractivity contribution in [3.63, 3.8) is 0 Å². The van der Waals surface area contributed by atoms with Crippen molar-refractivity contribution in [2.24, 2.45) is 0 Å². The van der Waals surface area contributed by atoms with Gasteiger partial charge in [-0.2, -0.15) is 5.10 Å². The normalized spacial score (nSPS) is 14.3. The van der Waals surface area contributed by atoms with Crippen molar-refractivity contribution in [3.8, 4) is 5.69 Å². The lowest BCUT2D eigenvalue weighted by molar-refractivity contribution is 0.0746. The zero-order valence-corrected chi connectivity index (χ0v) is 17.2. The van der Waals surface area contributed by atoms with Crippen LogP contribution < -0.4 is 4.90 Å². The van der Waals surface area contributed by atoms with E-state index >= 15 is 0 Å². The molecular formula is C20H18Cl2FN5O. The zero-order chi connectivity index (χ0) is 20.5. The molecule has 6 nitrogen and oxygen atoms in total. The average molecular weight is 434 g/mol. The second-order valence-electron chi connectivity index (χ2n) is 6.74. The third-order valence-electron chi connectivity index (χ3n) is 4.88. The molecule has 9 heteroatoms. The van der Waals surface area contributed by atoms with Gasteiger partial charge in [0.15, 0.2) is 0 Å². The third-order valence-corrected chi connectivity index (χ3v) is 5.44. The summed E-state index contributed by atoms with van der Waals surface area (Å²) in [5.41, 5.74) is 1.49. The SMILES string of the molecule is Cc1nn(-c2ccc(F)cc2)c(Cl)c1C(=O)N1CCN(c2cccc(Cl)n2)CC1. The maximum absolute atomic E-state index is 13.2. The second kappa shape index (κ2) is 8.00. The van der Waals surface area contributed by atoms with E-state index in [4.69, 9.17) is 23.2 Å². The van der Waals surface area contributed by atoms with Crippen molar-refractivity contribution in [1.29, 1.82) is 0 Å². The van der Waals surface area contributed by atoms with E-state index in [1.165, 1.54) is 16.8 Å². The van der Waals surface area contributed by atoms with Crippen LogP contribution in [0.4, 0.5) is 10.2 Å². The number of carbonyl (C=O) groups is 1. The number of carbonyl (C=O) groups excluding carboxylic acids is 1. The molecule has 0 radical (unpaired) electrons. The number of hydrogen-bond donors (Lipinski definition) is 0. The maximum atomic E-state index is 13.2. The van der Waals surface area contributed by atoms with Crippen molar-refractivity contribution in [2.45, 2.75) is 6.92 Å². The average Bonchev–Trinajstić information content (AvgIpc) is 3.02. The topological polar surface area (TPSA) is 54.3 Å². The first-order valence-corrected chi connectivity index (χ1v) is 9.87. The fourth-order valence-electron chi connectivity index (χ4n) is 3.37. The number of benzene rings is 1. The van der Waals surface area contributed by atoms with Crippen LogP contribution in [0.25, 0.3) is 5.69 Å². The lowest BCUT2D eigenvalue weighted by atomic mass is 10.2. The molecule has 0 atom stereocenters. The van der Waals surface area contributed by atoms with E-state index in [0.29, 0.717) is 48.3 Å². The molecule has 3 heterocycles. The minimum absolute atomic E-state index is 0.167. The van der Waals surface area contributed by atoms with E-state index < -0.39 is 0 Å². The maximum Gasteiger partial charge on any atom is 0.259 e. The smallest absolute Gasteiger partial charge is 0.259 e. The van der Waals surface area contributed by atoms with Gasteiger partial charge < -0.3 is 9.80 Å². The number of pyridine rings is 1. The Morgan fingerprint density at radius 3 is 2.38 bits per heavy atom. The largest absolute Gasteiger partial charge is 0.353 e. The van der Waals surface area contributed by atoms with Gasteiger partial charge >= 0.3 is 0 Å². The van der Waals surface area contributed by atoms with E-state index in [0.717, 1.165) is 5.82 Å². The molecule has 0 unspecified atom stereocenters. The molecular weight excluding hydrogens is 416 g/mol. The van der Waals surface area contributed by atoms with Crippen molar-refractivity contribution >= 4 is 34.9 Å². The van der Waals surface area contributed by atoms with Gasteiger partial charge in [-0.3, -0.25) is 4.79 Å². The van der Waals surface area contributed by atoms with Crippen molar-refractivity contribution in [3.05, 3.63) is 69.8 Å². The quantitative estimate of drug-likeness (QED) is 0.586. The number of rotatable bonds is 3. The summed E-state index contributed by atoms with van der Waals surface area (Å²) in [5, 5.41) is 5.04. The van der Waals surface area contributed by atoms with Crippen LogP contribution >= 0.6 is 23.2 Å². The predicted octanol–water partition coefficient (Wildman–Crippen LogP) is 3.98. The van der Waals surface area contributed by atoms with Gasteiger partial charge in [-0.25, -0.2) is 14.1 Å². The monoisotopic (exact) mass is 433 g/mol. The summed E-state index contributed by atoms with van der Waals surface area (Å²) in [5.74, 6) is 0.277. The number of anilines is 1. The number of halogens is 3. The van der Waals surface area contributed by atoms with E-state index in [2.05, 4.69) is 15.0 Å². The molecule has 1 amide bonds. The summed E-state index contributed by atoms with van der Waals surface area (Å²) in [6.07, 6.45) is 0. The van der Waals surface area contributed by atoms with Crippen LogP contribution in [0.3, 0.4) is 0 Å². The Hall–Kier alpha value is -2.64. The van der Waals surface area contributed by atoms with Gasteiger partial charge in [0, 0.05) is 26.2 Å². The summed E-state index contributed by atoms with van der Waals surface area (Å²) >= 11 is 12.5. The molecule has 1 saturated heterocycles. The summed E-state index contributed by atoms with van der Waals surface area (Å²) < 4.78 is 14.6. The fourth-order valence-corrected chi connectivity index (χ4v) is 3.88. The molecule has 1 aromatic carbocycles. The summed E-state index contributed by atoms with van der Waals surface area (Å²) in [6.45, 7) is 4.09. The van der Waals surface area contributed by atoms with Crippen LogP contribution in [0.1, 0.15) is 16.1 Å². The zero-order valence-electron chi connectivity index (χ0n) is 15.6. The van der Waals surface area contributed by atoms with Crippen LogP contribution in [0.5, 0.6) is 0 Å². The highest BCUT2D eigenvalue weighted by molar-refractivity contribution is 6.33. The Kier molecular flexibility index (Phi) is 5.43. The van der Waals surface area contributed by atoms with Gasteiger partial charge in [0.05, 0.1) is 16.9 Å². The predicted molar refractivity (Wildman–Crippen MR) is 111 cm³/mol. The fraction of sp³-hybridized carbons (Fsp3) is 0.250. The first-order valence-electron chi connectivity index (χ1n) is 9.12. The second-order valence-corrected chi connectivity index (χ2v) is 7.48. The van der Waals surface area contributed by atoms with Gasteiger partial charge in [-0.05, 0) is 43.3 Å². The molecule has 1 fully saturated rings. The van der Waals surface area contributed by atoms with Crippen LogP contribution in [-0.4, -0.2) is 51.8 Å². The number of nitrogens with zero attached hydrogens (tertiary/aromatic N) is 5. The van der Waals surface area contributed by atoms with Crippen LogP contribution in [0.15, 0.2) is 42.5 Å². The Balaban J connectivity index is 1.51. The minimum Gasteiger partial charge on any atom is -0.353 e. The lowest BCUT2D eigenvalue weighted by Gasteiger charge is -2.35. The number of piperazine rings is 1. The Morgan fingerprint density at radius 1 is 1.03 bits per heavy atom. The molecule has 0 aliphatic carbocycles. The summed E-state index contributed by atoms with van der Waals surface area (Å²) in [4.78, 5) is 21.3. The molecule has 4 rings (SSSR count). The van der Waals surface area contributed by atoms with Crippen LogP contribution in [0.2, 0.25) is 10.3 Å². The summed E-state index contributed by atoms with van der Waals surface area (Å²) in [6, 6.07) is 11.3. The molecule has 0 N–H and O–H groups in total. The van der Waals surface area contributed by atoms with Gasteiger partial charge in [-0.1, -0.05) is 29.3 Å².